The van der Waals surface area contributed by atoms with E-state index in [2.05, 4.69) is 11.8 Å². The van der Waals surface area contributed by atoms with Crippen molar-refractivity contribution in [1.82, 2.24) is 4.57 Å². The molecule has 0 spiro atoms. The summed E-state index contributed by atoms with van der Waals surface area (Å²) >= 11 is 1.85. The van der Waals surface area contributed by atoms with E-state index in [0.29, 0.717) is 20.6 Å². The molecule has 0 N–H and O–H groups in total. The van der Waals surface area contributed by atoms with Crippen LogP contribution in [-0.4, -0.2) is 17.6 Å². The molecular weight excluding hydrogens is 415 g/mol. The summed E-state index contributed by atoms with van der Waals surface area (Å²) in [5.74, 6) is 6.14. The first-order valence-electron chi connectivity index (χ1n) is 6.83. The van der Waals surface area contributed by atoms with Crippen molar-refractivity contribution >= 4 is 22.6 Å². The minimum absolute atomic E-state index is 0.287. The lowest BCUT2D eigenvalue weighted by Gasteiger charge is -2.13. The van der Waals surface area contributed by atoms with Crippen LogP contribution in [0.2, 0.25) is 0 Å². The van der Waals surface area contributed by atoms with E-state index < -0.39 is 18.5 Å². The number of hydrogen-bond donors (Lipinski definition) is 0. The SMILES string of the molecule is CC#CCOc1ccc(-c2ccc(I)c(=O)n2CC(F)F)cc1. The molecule has 0 amide bonds. The smallest absolute Gasteiger partial charge is 0.264 e. The van der Waals surface area contributed by atoms with Gasteiger partial charge in [-0.05, 0) is 71.5 Å². The Labute approximate surface area is 146 Å². The number of alkyl halides is 2. The Morgan fingerprint density at radius 1 is 1.22 bits per heavy atom. The molecule has 1 heterocycles. The highest BCUT2D eigenvalue weighted by Gasteiger charge is 2.13. The fraction of sp³-hybridized carbons (Fsp3) is 0.235. The summed E-state index contributed by atoms with van der Waals surface area (Å²) in [6.07, 6.45) is -2.60. The fourth-order valence-corrected chi connectivity index (χ4v) is 2.51. The van der Waals surface area contributed by atoms with Gasteiger partial charge in [0.25, 0.3) is 12.0 Å². The van der Waals surface area contributed by atoms with Crippen LogP contribution in [0.5, 0.6) is 5.75 Å². The van der Waals surface area contributed by atoms with Gasteiger partial charge in [-0.1, -0.05) is 5.92 Å². The van der Waals surface area contributed by atoms with Gasteiger partial charge >= 0.3 is 0 Å². The Morgan fingerprint density at radius 3 is 2.52 bits per heavy atom. The lowest BCUT2D eigenvalue weighted by molar-refractivity contribution is 0.125. The minimum Gasteiger partial charge on any atom is -0.481 e. The number of halogens is 3. The van der Waals surface area contributed by atoms with Crippen LogP contribution in [-0.2, 0) is 6.54 Å². The van der Waals surface area contributed by atoms with Gasteiger partial charge in [0.05, 0.1) is 15.8 Å². The van der Waals surface area contributed by atoms with Crippen LogP contribution in [0.4, 0.5) is 8.78 Å². The van der Waals surface area contributed by atoms with E-state index in [1.165, 1.54) is 0 Å². The second-order valence-corrected chi connectivity index (χ2v) is 5.78. The van der Waals surface area contributed by atoms with Gasteiger partial charge < -0.3 is 9.30 Å². The van der Waals surface area contributed by atoms with Gasteiger partial charge in [-0.25, -0.2) is 8.78 Å². The Balaban J connectivity index is 2.35. The molecule has 2 aromatic rings. The molecular formula is C17H14F2INO2. The number of aromatic nitrogens is 1. The van der Waals surface area contributed by atoms with Crippen LogP contribution in [0.25, 0.3) is 11.3 Å². The molecule has 1 aromatic carbocycles. The number of nitrogens with zero attached hydrogens (tertiary/aromatic N) is 1. The Hall–Kier alpha value is -1.88. The summed E-state index contributed by atoms with van der Waals surface area (Å²) in [5, 5.41) is 0. The summed E-state index contributed by atoms with van der Waals surface area (Å²) in [6, 6.07) is 10.2. The molecule has 0 unspecified atom stereocenters. The molecule has 6 heteroatoms. The van der Waals surface area contributed by atoms with Crippen LogP contribution < -0.4 is 10.3 Å². The first kappa shape index (κ1) is 17.5. The highest BCUT2D eigenvalue weighted by atomic mass is 127. The van der Waals surface area contributed by atoms with Crippen molar-refractivity contribution in [3.8, 4) is 28.8 Å². The van der Waals surface area contributed by atoms with E-state index in [1.807, 2.05) is 22.6 Å². The number of ether oxygens (including phenoxy) is 1. The number of rotatable bonds is 5. The molecule has 2 rings (SSSR count). The van der Waals surface area contributed by atoms with Crippen molar-refractivity contribution in [2.45, 2.75) is 19.9 Å². The predicted octanol–water partition coefficient (Wildman–Crippen LogP) is 3.79. The van der Waals surface area contributed by atoms with E-state index in [-0.39, 0.29) is 6.61 Å². The summed E-state index contributed by atoms with van der Waals surface area (Å²) in [5.41, 5.74) is 0.714. The zero-order chi connectivity index (χ0) is 16.8. The second-order valence-electron chi connectivity index (χ2n) is 4.61. The molecule has 23 heavy (non-hydrogen) atoms. The van der Waals surface area contributed by atoms with Gasteiger partial charge in [0.1, 0.15) is 12.4 Å². The monoisotopic (exact) mass is 429 g/mol. The van der Waals surface area contributed by atoms with Crippen LogP contribution in [0, 0.1) is 15.4 Å². The third kappa shape index (κ3) is 4.55. The van der Waals surface area contributed by atoms with E-state index in [1.54, 1.807) is 43.3 Å². The zero-order valence-electron chi connectivity index (χ0n) is 12.4. The maximum atomic E-state index is 12.8. The summed E-state index contributed by atoms with van der Waals surface area (Å²) in [6.45, 7) is 1.39. The second kappa shape index (κ2) is 8.11. The number of benzene rings is 1. The van der Waals surface area contributed by atoms with Crippen molar-refractivity contribution in [2.75, 3.05) is 6.61 Å². The molecule has 0 saturated carbocycles. The lowest BCUT2D eigenvalue weighted by Crippen LogP contribution is -2.26. The zero-order valence-corrected chi connectivity index (χ0v) is 14.5. The quantitative estimate of drug-likeness (QED) is 0.535. The number of pyridine rings is 1. The number of hydrogen-bond acceptors (Lipinski definition) is 2. The largest absolute Gasteiger partial charge is 0.481 e. The van der Waals surface area contributed by atoms with Crippen LogP contribution in [0.3, 0.4) is 0 Å². The summed E-state index contributed by atoms with van der Waals surface area (Å²) in [7, 11) is 0. The van der Waals surface area contributed by atoms with Gasteiger partial charge in [-0.15, -0.1) is 5.92 Å². The third-order valence-electron chi connectivity index (χ3n) is 3.09. The van der Waals surface area contributed by atoms with E-state index in [0.717, 1.165) is 4.57 Å². The maximum Gasteiger partial charge on any atom is 0.264 e. The molecule has 0 aliphatic rings. The highest BCUT2D eigenvalue weighted by molar-refractivity contribution is 14.1. The molecule has 0 aliphatic heterocycles. The Bertz CT molecular complexity index is 789. The van der Waals surface area contributed by atoms with E-state index in [9.17, 15) is 13.6 Å². The summed E-state index contributed by atoms with van der Waals surface area (Å²) in [4.78, 5) is 12.1. The predicted molar refractivity (Wildman–Crippen MR) is 93.8 cm³/mol. The molecule has 120 valence electrons. The first-order chi connectivity index (χ1) is 11.0. The maximum absolute atomic E-state index is 12.8. The average molecular weight is 429 g/mol. The minimum atomic E-state index is -2.60. The van der Waals surface area contributed by atoms with Crippen LogP contribution >= 0.6 is 22.6 Å². The van der Waals surface area contributed by atoms with Gasteiger partial charge in [-0.2, -0.15) is 0 Å². The highest BCUT2D eigenvalue weighted by Crippen LogP contribution is 2.22. The molecule has 0 aliphatic carbocycles. The van der Waals surface area contributed by atoms with Crippen LogP contribution in [0.15, 0.2) is 41.2 Å². The van der Waals surface area contributed by atoms with Gasteiger partial charge in [0.2, 0.25) is 0 Å². The van der Waals surface area contributed by atoms with Crippen molar-refractivity contribution in [3.63, 3.8) is 0 Å². The molecule has 1 aromatic heterocycles. The van der Waals surface area contributed by atoms with Gasteiger partial charge in [0.15, 0.2) is 0 Å². The molecule has 0 saturated heterocycles. The topological polar surface area (TPSA) is 31.2 Å². The van der Waals surface area contributed by atoms with E-state index >= 15 is 0 Å². The van der Waals surface area contributed by atoms with Crippen molar-refractivity contribution < 1.29 is 13.5 Å². The molecule has 0 radical (unpaired) electrons. The summed E-state index contributed by atoms with van der Waals surface area (Å²) < 4.78 is 32.5. The fourth-order valence-electron chi connectivity index (χ4n) is 2.04. The Morgan fingerprint density at radius 2 is 1.91 bits per heavy atom. The molecule has 3 nitrogen and oxygen atoms in total. The van der Waals surface area contributed by atoms with E-state index in [4.69, 9.17) is 4.74 Å². The molecule has 0 fully saturated rings. The van der Waals surface area contributed by atoms with Crippen molar-refractivity contribution in [2.24, 2.45) is 0 Å². The lowest BCUT2D eigenvalue weighted by atomic mass is 10.1. The van der Waals surface area contributed by atoms with Gasteiger partial charge in [0, 0.05) is 0 Å². The van der Waals surface area contributed by atoms with Crippen molar-refractivity contribution in [3.05, 3.63) is 50.3 Å². The van der Waals surface area contributed by atoms with Crippen molar-refractivity contribution in [1.29, 1.82) is 0 Å². The Kier molecular flexibility index (Phi) is 6.16. The third-order valence-corrected chi connectivity index (χ3v) is 3.91. The average Bonchev–Trinajstić information content (AvgIpc) is 2.53. The standard InChI is InChI=1S/C17H14F2INO2/c1-2-3-10-23-13-6-4-12(5-7-13)15-9-8-14(20)17(22)21(15)11-16(18)19/h4-9,16H,10-11H2,1H3. The first-order valence-corrected chi connectivity index (χ1v) is 7.91. The normalized spacial score (nSPS) is 10.3. The van der Waals surface area contributed by atoms with Gasteiger partial charge in [-0.3, -0.25) is 4.79 Å². The van der Waals surface area contributed by atoms with Crippen LogP contribution in [0.1, 0.15) is 6.92 Å². The molecule has 0 atom stereocenters. The molecule has 0 bridgehead atoms.